The summed E-state index contributed by atoms with van der Waals surface area (Å²) in [6.07, 6.45) is 0. The van der Waals surface area contributed by atoms with Crippen molar-refractivity contribution in [3.63, 3.8) is 0 Å². The molecular weight excluding hydrogens is 399 g/mol. The van der Waals surface area contributed by atoms with Crippen LogP contribution in [0.5, 0.6) is 0 Å². The summed E-state index contributed by atoms with van der Waals surface area (Å²) < 4.78 is 13.3. The molecule has 1 aliphatic rings. The van der Waals surface area contributed by atoms with Crippen LogP contribution in [-0.4, -0.2) is 17.6 Å². The highest BCUT2D eigenvalue weighted by Crippen LogP contribution is 2.42. The van der Waals surface area contributed by atoms with Gasteiger partial charge in [-0.2, -0.15) is 0 Å². The number of rotatable bonds is 4. The SMILES string of the molecule is Cc1cccc(NC(=O)c2ccc(N3C(=O)CSC3c3ccc(F)cc3)c(C)c2)c1. The second-order valence-corrected chi connectivity index (χ2v) is 8.37. The molecule has 1 saturated heterocycles. The van der Waals surface area contributed by atoms with Gasteiger partial charge in [-0.25, -0.2) is 4.39 Å². The van der Waals surface area contributed by atoms with E-state index in [4.69, 9.17) is 0 Å². The van der Waals surface area contributed by atoms with E-state index in [1.165, 1.54) is 23.9 Å². The molecule has 6 heteroatoms. The van der Waals surface area contributed by atoms with Gasteiger partial charge >= 0.3 is 0 Å². The molecule has 3 aromatic rings. The summed E-state index contributed by atoms with van der Waals surface area (Å²) in [6, 6.07) is 19.2. The number of carbonyl (C=O) groups is 2. The topological polar surface area (TPSA) is 49.4 Å². The molecule has 30 heavy (non-hydrogen) atoms. The summed E-state index contributed by atoms with van der Waals surface area (Å²) in [5.74, 6) is -0.154. The molecule has 4 rings (SSSR count). The van der Waals surface area contributed by atoms with Crippen LogP contribution < -0.4 is 10.2 Å². The van der Waals surface area contributed by atoms with Crippen molar-refractivity contribution in [1.82, 2.24) is 0 Å². The Morgan fingerprint density at radius 1 is 1.07 bits per heavy atom. The molecule has 0 aromatic heterocycles. The average molecular weight is 421 g/mol. The molecular formula is C24H21FN2O2S. The van der Waals surface area contributed by atoms with Crippen LogP contribution in [0.3, 0.4) is 0 Å². The van der Waals surface area contributed by atoms with Crippen molar-refractivity contribution in [2.45, 2.75) is 19.2 Å². The lowest BCUT2D eigenvalue weighted by atomic mass is 10.1. The zero-order valence-electron chi connectivity index (χ0n) is 16.7. The molecule has 0 saturated carbocycles. The maximum Gasteiger partial charge on any atom is 0.255 e. The molecule has 0 bridgehead atoms. The van der Waals surface area contributed by atoms with Gasteiger partial charge in [-0.1, -0.05) is 24.3 Å². The summed E-state index contributed by atoms with van der Waals surface area (Å²) >= 11 is 1.51. The molecule has 1 unspecified atom stereocenters. The highest BCUT2D eigenvalue weighted by atomic mass is 32.2. The quantitative estimate of drug-likeness (QED) is 0.609. The number of hydrogen-bond acceptors (Lipinski definition) is 3. The molecule has 1 atom stereocenters. The van der Waals surface area contributed by atoms with Crippen molar-refractivity contribution in [2.24, 2.45) is 0 Å². The summed E-state index contributed by atoms with van der Waals surface area (Å²) in [4.78, 5) is 27.0. The van der Waals surface area contributed by atoms with Crippen LogP contribution in [0.25, 0.3) is 0 Å². The zero-order chi connectivity index (χ0) is 21.3. The lowest BCUT2D eigenvalue weighted by Gasteiger charge is -2.26. The molecule has 3 aromatic carbocycles. The predicted molar refractivity (Wildman–Crippen MR) is 119 cm³/mol. The number of aryl methyl sites for hydroxylation is 2. The molecule has 152 valence electrons. The van der Waals surface area contributed by atoms with Gasteiger partial charge < -0.3 is 5.32 Å². The summed E-state index contributed by atoms with van der Waals surface area (Å²) in [6.45, 7) is 3.86. The average Bonchev–Trinajstić information content (AvgIpc) is 3.09. The number of thioether (sulfide) groups is 1. The largest absolute Gasteiger partial charge is 0.322 e. The van der Waals surface area contributed by atoms with Gasteiger partial charge in [0.25, 0.3) is 5.91 Å². The number of carbonyl (C=O) groups excluding carboxylic acids is 2. The first-order valence-electron chi connectivity index (χ1n) is 9.60. The van der Waals surface area contributed by atoms with E-state index in [9.17, 15) is 14.0 Å². The zero-order valence-corrected chi connectivity index (χ0v) is 17.5. The Labute approximate surface area is 179 Å². The maximum absolute atomic E-state index is 13.3. The first-order chi connectivity index (χ1) is 14.4. The fourth-order valence-corrected chi connectivity index (χ4v) is 4.72. The fraction of sp³-hybridized carbons (Fsp3) is 0.167. The van der Waals surface area contributed by atoms with E-state index in [0.29, 0.717) is 11.3 Å². The number of nitrogens with zero attached hydrogens (tertiary/aromatic N) is 1. The van der Waals surface area contributed by atoms with Crippen molar-refractivity contribution >= 4 is 35.0 Å². The Balaban J connectivity index is 1.59. The van der Waals surface area contributed by atoms with Crippen molar-refractivity contribution in [2.75, 3.05) is 16.0 Å². The highest BCUT2D eigenvalue weighted by Gasteiger charge is 2.34. The van der Waals surface area contributed by atoms with Crippen molar-refractivity contribution in [1.29, 1.82) is 0 Å². The summed E-state index contributed by atoms with van der Waals surface area (Å²) in [5, 5.41) is 2.69. The summed E-state index contributed by atoms with van der Waals surface area (Å²) in [5.41, 5.74) is 4.78. The molecule has 1 N–H and O–H groups in total. The number of halogens is 1. The minimum Gasteiger partial charge on any atom is -0.322 e. The van der Waals surface area contributed by atoms with Crippen LogP contribution in [0.4, 0.5) is 15.8 Å². The van der Waals surface area contributed by atoms with E-state index in [-0.39, 0.29) is 23.0 Å². The normalized spacial score (nSPS) is 16.0. The van der Waals surface area contributed by atoms with Crippen molar-refractivity contribution in [3.05, 3.63) is 94.8 Å². The van der Waals surface area contributed by atoms with Crippen LogP contribution in [0.1, 0.15) is 32.4 Å². The van der Waals surface area contributed by atoms with Gasteiger partial charge in [0, 0.05) is 16.9 Å². The first-order valence-corrected chi connectivity index (χ1v) is 10.6. The molecule has 1 heterocycles. The standard InChI is InChI=1S/C24H21FN2O2S/c1-15-4-3-5-20(12-15)26-23(29)18-8-11-21(16(2)13-18)27-22(28)14-30-24(27)17-6-9-19(25)10-7-17/h3-13,24H,14H2,1-2H3,(H,26,29). The Kier molecular flexibility index (Phi) is 5.59. The minimum atomic E-state index is -0.306. The van der Waals surface area contributed by atoms with E-state index in [0.717, 1.165) is 28.1 Å². The Bertz CT molecular complexity index is 1110. The van der Waals surface area contributed by atoms with Gasteiger partial charge in [0.15, 0.2) is 0 Å². The molecule has 0 spiro atoms. The molecule has 0 aliphatic carbocycles. The Hall–Kier alpha value is -3.12. The maximum atomic E-state index is 13.3. The molecule has 4 nitrogen and oxygen atoms in total. The third-order valence-electron chi connectivity index (χ3n) is 5.02. The van der Waals surface area contributed by atoms with Crippen LogP contribution in [0.15, 0.2) is 66.7 Å². The van der Waals surface area contributed by atoms with E-state index < -0.39 is 0 Å². The van der Waals surface area contributed by atoms with Crippen LogP contribution in [0, 0.1) is 19.7 Å². The van der Waals surface area contributed by atoms with Gasteiger partial charge in [-0.3, -0.25) is 14.5 Å². The number of hydrogen-bond donors (Lipinski definition) is 1. The number of anilines is 2. The third-order valence-corrected chi connectivity index (χ3v) is 6.23. The van der Waals surface area contributed by atoms with Gasteiger partial charge in [0.2, 0.25) is 5.91 Å². The van der Waals surface area contributed by atoms with E-state index in [1.807, 2.05) is 38.1 Å². The van der Waals surface area contributed by atoms with Gasteiger partial charge in [-0.15, -0.1) is 11.8 Å². The Morgan fingerprint density at radius 3 is 2.53 bits per heavy atom. The lowest BCUT2D eigenvalue weighted by molar-refractivity contribution is -0.115. The second-order valence-electron chi connectivity index (χ2n) is 7.30. The lowest BCUT2D eigenvalue weighted by Crippen LogP contribution is -2.28. The van der Waals surface area contributed by atoms with E-state index in [2.05, 4.69) is 5.32 Å². The van der Waals surface area contributed by atoms with E-state index >= 15 is 0 Å². The van der Waals surface area contributed by atoms with Crippen LogP contribution in [0.2, 0.25) is 0 Å². The number of nitrogens with one attached hydrogen (secondary N) is 1. The molecule has 1 aliphatic heterocycles. The number of benzene rings is 3. The molecule has 0 radical (unpaired) electrons. The predicted octanol–water partition coefficient (Wildman–Crippen LogP) is 5.47. The van der Waals surface area contributed by atoms with Gasteiger partial charge in [-0.05, 0) is 73.0 Å². The van der Waals surface area contributed by atoms with E-state index in [1.54, 1.807) is 35.2 Å². The monoisotopic (exact) mass is 420 g/mol. The van der Waals surface area contributed by atoms with Gasteiger partial charge in [0.05, 0.1) is 5.75 Å². The van der Waals surface area contributed by atoms with Crippen molar-refractivity contribution in [3.8, 4) is 0 Å². The molecule has 1 fully saturated rings. The van der Waals surface area contributed by atoms with Gasteiger partial charge in [0.1, 0.15) is 11.2 Å². The second kappa shape index (κ2) is 8.32. The van der Waals surface area contributed by atoms with Crippen LogP contribution in [-0.2, 0) is 4.79 Å². The fourth-order valence-electron chi connectivity index (χ4n) is 3.55. The highest BCUT2D eigenvalue weighted by molar-refractivity contribution is 8.00. The number of amides is 2. The molecule has 2 amide bonds. The summed E-state index contributed by atoms with van der Waals surface area (Å²) in [7, 11) is 0. The van der Waals surface area contributed by atoms with Crippen LogP contribution >= 0.6 is 11.8 Å². The van der Waals surface area contributed by atoms with Crippen molar-refractivity contribution < 1.29 is 14.0 Å². The minimum absolute atomic E-state index is 0.00520. The Morgan fingerprint density at radius 2 is 1.83 bits per heavy atom. The third kappa shape index (κ3) is 4.09. The smallest absolute Gasteiger partial charge is 0.255 e. The first kappa shape index (κ1) is 20.2.